The van der Waals surface area contributed by atoms with Gasteiger partial charge in [0.1, 0.15) is 6.10 Å². The number of aliphatic hydroxyl groups excluding tert-OH is 3. The van der Waals surface area contributed by atoms with Crippen molar-refractivity contribution < 1.29 is 15.3 Å². The van der Waals surface area contributed by atoms with Gasteiger partial charge in [0.25, 0.3) is 0 Å². The average Bonchev–Trinajstić information content (AvgIpc) is 1.88. The van der Waals surface area contributed by atoms with E-state index >= 15 is 0 Å². The summed E-state index contributed by atoms with van der Waals surface area (Å²) in [5.74, 6) is 0. The van der Waals surface area contributed by atoms with Crippen LogP contribution in [-0.2, 0) is 0 Å². The number of hydrogen-bond acceptors (Lipinski definition) is 4. The van der Waals surface area contributed by atoms with Gasteiger partial charge < -0.3 is 15.3 Å². The number of hydrogen-bond donors (Lipinski definition) is 4. The highest BCUT2D eigenvalue weighted by Crippen LogP contribution is 1.71. The third kappa shape index (κ3) is 19.0. The van der Waals surface area contributed by atoms with E-state index in [9.17, 15) is 0 Å². The van der Waals surface area contributed by atoms with Gasteiger partial charge in [-0.05, 0) is 10.4 Å². The molecule has 0 spiro atoms. The van der Waals surface area contributed by atoms with Crippen molar-refractivity contribution in [2.24, 2.45) is 0 Å². The summed E-state index contributed by atoms with van der Waals surface area (Å²) < 4.78 is 0. The predicted molar refractivity (Wildman–Crippen MR) is 29.6 cm³/mol. The first-order valence-electron chi connectivity index (χ1n) is 2.13. The van der Waals surface area contributed by atoms with Crippen molar-refractivity contribution in [1.82, 2.24) is 0 Å². The van der Waals surface area contributed by atoms with E-state index in [0.717, 1.165) is 0 Å². The molecule has 6 heteroatoms. The third-order valence-corrected chi connectivity index (χ3v) is 0.421. The largest absolute Gasteiger partial charge is 0.394 e. The molecule has 0 aliphatic carbocycles. The normalized spacial score (nSPS) is 7.56. The molecular formula is C3H9N3O3. The maximum absolute atomic E-state index is 8.17. The Morgan fingerprint density at radius 2 is 1.67 bits per heavy atom. The fourth-order valence-electron chi connectivity index (χ4n) is 0.0577. The minimum absolute atomic E-state index is 0.365. The average molecular weight is 135 g/mol. The quantitative estimate of drug-likeness (QED) is 0.225. The van der Waals surface area contributed by atoms with Crippen LogP contribution in [0.15, 0.2) is 0 Å². The summed E-state index contributed by atoms with van der Waals surface area (Å²) in [6.07, 6.45) is -0.954. The standard InChI is InChI=1S/C3H8O3.HN3/c4-1-3(6)2-5;1-3-2/h3-6H,1-2H2;1H. The summed E-state index contributed by atoms with van der Waals surface area (Å²) >= 11 is 0. The molecule has 0 aromatic carbocycles. The van der Waals surface area contributed by atoms with Crippen LogP contribution in [0.1, 0.15) is 0 Å². The molecule has 6 nitrogen and oxygen atoms in total. The highest BCUT2D eigenvalue weighted by atomic mass is 16.3. The van der Waals surface area contributed by atoms with Gasteiger partial charge in [-0.1, -0.05) is 0 Å². The van der Waals surface area contributed by atoms with Crippen LogP contribution in [0.4, 0.5) is 0 Å². The monoisotopic (exact) mass is 135 g/mol. The van der Waals surface area contributed by atoms with E-state index in [1.165, 1.54) is 0 Å². The second-order valence-corrected chi connectivity index (χ2v) is 1.12. The minimum Gasteiger partial charge on any atom is -0.394 e. The lowest BCUT2D eigenvalue weighted by atomic mass is 10.4. The molecule has 0 saturated carbocycles. The van der Waals surface area contributed by atoms with Gasteiger partial charge in [-0.3, -0.25) is 0 Å². The van der Waals surface area contributed by atoms with Crippen LogP contribution in [0.3, 0.4) is 0 Å². The molecule has 0 aromatic heterocycles. The van der Waals surface area contributed by atoms with E-state index in [0.29, 0.717) is 0 Å². The fraction of sp³-hybridized carbons (Fsp3) is 1.00. The minimum atomic E-state index is -0.954. The molecule has 9 heavy (non-hydrogen) atoms. The number of nitrogens with zero attached hydrogens (tertiary/aromatic N) is 2. The molecule has 0 aliphatic heterocycles. The Bertz CT molecular complexity index is 76.4. The van der Waals surface area contributed by atoms with Crippen molar-refractivity contribution in [2.75, 3.05) is 13.2 Å². The lowest BCUT2D eigenvalue weighted by molar-refractivity contribution is 0.0450. The van der Waals surface area contributed by atoms with Crippen molar-refractivity contribution in [3.8, 4) is 0 Å². The molecule has 0 rings (SSSR count). The Hall–Kier alpha value is -0.810. The first-order valence-corrected chi connectivity index (χ1v) is 2.13. The summed E-state index contributed by atoms with van der Waals surface area (Å²) in [6, 6.07) is 0. The van der Waals surface area contributed by atoms with E-state index < -0.39 is 6.10 Å². The van der Waals surface area contributed by atoms with Crippen molar-refractivity contribution in [2.45, 2.75) is 6.10 Å². The first kappa shape index (κ1) is 11.0. The van der Waals surface area contributed by atoms with E-state index in [2.05, 4.69) is 0 Å². The summed E-state index contributed by atoms with van der Waals surface area (Å²) in [5.41, 5.74) is 12.2. The maximum atomic E-state index is 8.17. The van der Waals surface area contributed by atoms with Crippen molar-refractivity contribution in [1.29, 1.82) is 5.53 Å². The predicted octanol–water partition coefficient (Wildman–Crippen LogP) is -0.793. The zero-order valence-corrected chi connectivity index (χ0v) is 4.73. The highest BCUT2D eigenvalue weighted by molar-refractivity contribution is 4.43. The van der Waals surface area contributed by atoms with Gasteiger partial charge in [0, 0.05) is 0 Å². The summed E-state index contributed by atoms with van der Waals surface area (Å²) in [5, 5.41) is 24.0. The van der Waals surface area contributed by atoms with Gasteiger partial charge >= 0.3 is 0 Å². The molecule has 0 unspecified atom stereocenters. The van der Waals surface area contributed by atoms with Crippen LogP contribution in [0, 0.1) is 5.53 Å². The molecule has 0 radical (unpaired) electrons. The topological polar surface area (TPSA) is 121 Å². The molecule has 0 aromatic rings. The van der Waals surface area contributed by atoms with Crippen molar-refractivity contribution >= 4 is 0 Å². The Balaban J connectivity index is 0. The van der Waals surface area contributed by atoms with Gasteiger partial charge in [-0.2, -0.15) is 0 Å². The molecule has 0 aliphatic rings. The first-order chi connectivity index (χ1) is 4.22. The Kier molecular flexibility index (Phi) is 12.6. The second kappa shape index (κ2) is 10.2. The molecule has 4 N–H and O–H groups in total. The lowest BCUT2D eigenvalue weighted by Crippen LogP contribution is -2.15. The molecule has 0 atom stereocenters. The molecule has 0 amide bonds. The highest BCUT2D eigenvalue weighted by Gasteiger charge is 1.93. The van der Waals surface area contributed by atoms with Crippen LogP contribution in [0.25, 0.3) is 10.4 Å². The smallest absolute Gasteiger partial charge is 0.100 e. The van der Waals surface area contributed by atoms with Crippen molar-refractivity contribution in [3.63, 3.8) is 0 Å². The Morgan fingerprint density at radius 3 is 1.67 bits per heavy atom. The van der Waals surface area contributed by atoms with E-state index in [4.69, 9.17) is 26.4 Å². The zero-order chi connectivity index (χ0) is 7.70. The third-order valence-electron chi connectivity index (χ3n) is 0.421. The van der Waals surface area contributed by atoms with Crippen LogP contribution in [-0.4, -0.2) is 34.6 Å². The van der Waals surface area contributed by atoms with E-state index in [1.807, 2.05) is 0 Å². The second-order valence-electron chi connectivity index (χ2n) is 1.12. The number of rotatable bonds is 2. The molecule has 0 bridgehead atoms. The van der Waals surface area contributed by atoms with Gasteiger partial charge in [0.05, 0.1) is 13.2 Å². The van der Waals surface area contributed by atoms with Gasteiger partial charge in [0.15, 0.2) is 0 Å². The number of aliphatic hydroxyl groups is 3. The maximum Gasteiger partial charge on any atom is 0.100 e. The Morgan fingerprint density at radius 1 is 1.44 bits per heavy atom. The Labute approximate surface area is 51.8 Å². The van der Waals surface area contributed by atoms with Crippen LogP contribution in [0.2, 0.25) is 0 Å². The van der Waals surface area contributed by atoms with Gasteiger partial charge in [0.2, 0.25) is 0 Å². The van der Waals surface area contributed by atoms with E-state index in [1.54, 1.807) is 4.91 Å². The van der Waals surface area contributed by atoms with E-state index in [-0.39, 0.29) is 13.2 Å². The van der Waals surface area contributed by atoms with Crippen LogP contribution < -0.4 is 0 Å². The fourth-order valence-corrected chi connectivity index (χ4v) is 0.0577. The summed E-state index contributed by atoms with van der Waals surface area (Å²) in [7, 11) is 0. The van der Waals surface area contributed by atoms with Crippen LogP contribution in [0.5, 0.6) is 0 Å². The molecular weight excluding hydrogens is 126 g/mol. The molecule has 54 valence electrons. The molecule has 0 fully saturated rings. The number of nitrogens with one attached hydrogen (secondary N) is 1. The summed E-state index contributed by atoms with van der Waals surface area (Å²) in [6.45, 7) is -0.729. The summed E-state index contributed by atoms with van der Waals surface area (Å²) in [4.78, 5) is 1.75. The van der Waals surface area contributed by atoms with Crippen molar-refractivity contribution in [3.05, 3.63) is 10.4 Å². The van der Waals surface area contributed by atoms with Gasteiger partial charge in [-0.25, -0.2) is 0 Å². The molecule has 0 heterocycles. The lowest BCUT2D eigenvalue weighted by Gasteiger charge is -1.96. The molecule has 0 saturated heterocycles. The van der Waals surface area contributed by atoms with Crippen LogP contribution >= 0.6 is 0 Å². The van der Waals surface area contributed by atoms with Gasteiger partial charge in [-0.15, -0.1) is 5.53 Å². The zero-order valence-electron chi connectivity index (χ0n) is 4.73. The SMILES string of the molecule is OCC(O)CO.[N-]=[N+]=N.